The summed E-state index contributed by atoms with van der Waals surface area (Å²) in [5, 5.41) is 11.6. The lowest BCUT2D eigenvalue weighted by Gasteiger charge is -2.11. The molecule has 0 radical (unpaired) electrons. The number of nitrogens with one attached hydrogen (secondary N) is 1. The molecule has 1 saturated carbocycles. The Labute approximate surface area is 114 Å². The van der Waals surface area contributed by atoms with Gasteiger partial charge in [-0.2, -0.15) is 0 Å². The molecule has 7 nitrogen and oxygen atoms in total. The van der Waals surface area contributed by atoms with Crippen LogP contribution in [0.1, 0.15) is 24.6 Å². The molecule has 1 aromatic rings. The van der Waals surface area contributed by atoms with Gasteiger partial charge in [-0.25, -0.2) is 4.79 Å². The third-order valence-corrected chi connectivity index (χ3v) is 4.30. The average Bonchev–Trinajstić information content (AvgIpc) is 3.04. The predicted molar refractivity (Wildman–Crippen MR) is 68.8 cm³/mol. The van der Waals surface area contributed by atoms with Crippen molar-refractivity contribution in [1.29, 1.82) is 0 Å². The van der Waals surface area contributed by atoms with Crippen molar-refractivity contribution in [3.63, 3.8) is 0 Å². The number of imide groups is 1. The Hall–Kier alpha value is -1.57. The Bertz CT molecular complexity index is 525. The summed E-state index contributed by atoms with van der Waals surface area (Å²) >= 11 is 1.33. The van der Waals surface area contributed by atoms with E-state index in [0.717, 1.165) is 11.0 Å². The molecule has 2 fully saturated rings. The minimum absolute atomic E-state index is 0.184. The second-order valence-corrected chi connectivity index (χ2v) is 5.68. The van der Waals surface area contributed by atoms with E-state index in [1.54, 1.807) is 0 Å². The summed E-state index contributed by atoms with van der Waals surface area (Å²) in [4.78, 5) is 24.5. The Kier molecular flexibility index (Phi) is 3.17. The van der Waals surface area contributed by atoms with E-state index in [1.165, 1.54) is 29.5 Å². The minimum Gasteiger partial charge on any atom is -0.336 e. The van der Waals surface area contributed by atoms with Gasteiger partial charge in [0.1, 0.15) is 5.82 Å². The zero-order valence-electron chi connectivity index (χ0n) is 10.6. The Morgan fingerprint density at radius 2 is 2.26 bits per heavy atom. The van der Waals surface area contributed by atoms with Crippen molar-refractivity contribution in [2.75, 3.05) is 18.8 Å². The second kappa shape index (κ2) is 4.84. The van der Waals surface area contributed by atoms with Gasteiger partial charge in [-0.05, 0) is 12.8 Å². The van der Waals surface area contributed by atoms with E-state index in [0.29, 0.717) is 19.0 Å². The van der Waals surface area contributed by atoms with E-state index < -0.39 is 0 Å². The summed E-state index contributed by atoms with van der Waals surface area (Å²) in [7, 11) is 1.92. The van der Waals surface area contributed by atoms with Gasteiger partial charge in [-0.3, -0.25) is 9.69 Å². The van der Waals surface area contributed by atoms with Crippen molar-refractivity contribution >= 4 is 23.7 Å². The standard InChI is InChI=1S/C11H15N5O2S/c1-15-9(7-2-3-7)13-14-11(15)19-6-8(17)16-5-4-12-10(16)18/h7H,2-6H2,1H3,(H,12,18). The fraction of sp³-hybridized carbons (Fsp3) is 0.636. The van der Waals surface area contributed by atoms with Crippen LogP contribution in [-0.2, 0) is 11.8 Å². The van der Waals surface area contributed by atoms with E-state index in [4.69, 9.17) is 0 Å². The van der Waals surface area contributed by atoms with Gasteiger partial charge >= 0.3 is 6.03 Å². The molecule has 3 amide bonds. The fourth-order valence-corrected chi connectivity index (χ4v) is 2.86. The van der Waals surface area contributed by atoms with Crippen LogP contribution in [0.25, 0.3) is 0 Å². The van der Waals surface area contributed by atoms with Gasteiger partial charge in [0.25, 0.3) is 0 Å². The predicted octanol–water partition coefficient (Wildman–Crippen LogP) is 0.336. The molecule has 0 unspecified atom stereocenters. The lowest BCUT2D eigenvalue weighted by Crippen LogP contribution is -2.35. The molecule has 1 aliphatic carbocycles. The highest BCUT2D eigenvalue weighted by Crippen LogP contribution is 2.39. The SMILES string of the molecule is Cn1c(SCC(=O)N2CCNC2=O)nnc1C1CC1. The highest BCUT2D eigenvalue weighted by atomic mass is 32.2. The van der Waals surface area contributed by atoms with E-state index >= 15 is 0 Å². The summed E-state index contributed by atoms with van der Waals surface area (Å²) in [5.41, 5.74) is 0. The van der Waals surface area contributed by atoms with Crippen LogP contribution < -0.4 is 5.32 Å². The van der Waals surface area contributed by atoms with Crippen LogP contribution in [0.15, 0.2) is 5.16 Å². The Morgan fingerprint density at radius 3 is 2.89 bits per heavy atom. The number of aromatic nitrogens is 3. The molecule has 3 rings (SSSR count). The maximum absolute atomic E-state index is 11.9. The molecule has 1 N–H and O–H groups in total. The number of carbonyl (C=O) groups is 2. The maximum Gasteiger partial charge on any atom is 0.324 e. The number of nitrogens with zero attached hydrogens (tertiary/aromatic N) is 4. The largest absolute Gasteiger partial charge is 0.336 e. The van der Waals surface area contributed by atoms with Crippen molar-refractivity contribution < 1.29 is 9.59 Å². The van der Waals surface area contributed by atoms with Crippen molar-refractivity contribution in [2.45, 2.75) is 23.9 Å². The van der Waals surface area contributed by atoms with Crippen molar-refractivity contribution in [3.05, 3.63) is 5.82 Å². The molecule has 2 aliphatic rings. The van der Waals surface area contributed by atoms with Gasteiger partial charge in [0, 0.05) is 26.1 Å². The molecule has 0 spiro atoms. The molecule has 19 heavy (non-hydrogen) atoms. The zero-order chi connectivity index (χ0) is 13.4. The van der Waals surface area contributed by atoms with Crippen molar-refractivity contribution in [2.24, 2.45) is 7.05 Å². The third-order valence-electron chi connectivity index (χ3n) is 3.29. The molecule has 2 heterocycles. The van der Waals surface area contributed by atoms with Crippen LogP contribution in [0.4, 0.5) is 4.79 Å². The number of hydrogen-bond acceptors (Lipinski definition) is 5. The summed E-state index contributed by atoms with van der Waals surface area (Å²) < 4.78 is 1.94. The topological polar surface area (TPSA) is 80.1 Å². The number of thioether (sulfide) groups is 1. The first-order valence-electron chi connectivity index (χ1n) is 6.27. The van der Waals surface area contributed by atoms with Gasteiger partial charge in [-0.1, -0.05) is 11.8 Å². The van der Waals surface area contributed by atoms with Gasteiger partial charge in [0.15, 0.2) is 5.16 Å². The minimum atomic E-state index is -0.303. The van der Waals surface area contributed by atoms with E-state index in [-0.39, 0.29) is 17.7 Å². The first-order valence-corrected chi connectivity index (χ1v) is 7.25. The Balaban J connectivity index is 1.59. The summed E-state index contributed by atoms with van der Waals surface area (Å²) in [6, 6.07) is -0.303. The van der Waals surface area contributed by atoms with E-state index in [1.807, 2.05) is 11.6 Å². The lowest BCUT2D eigenvalue weighted by atomic mass is 10.4. The smallest absolute Gasteiger partial charge is 0.324 e. The van der Waals surface area contributed by atoms with Crippen LogP contribution in [-0.4, -0.2) is 50.4 Å². The quantitative estimate of drug-likeness (QED) is 0.805. The highest BCUT2D eigenvalue weighted by molar-refractivity contribution is 7.99. The van der Waals surface area contributed by atoms with Gasteiger partial charge in [-0.15, -0.1) is 10.2 Å². The highest BCUT2D eigenvalue weighted by Gasteiger charge is 2.30. The number of amides is 3. The molecule has 1 aromatic heterocycles. The monoisotopic (exact) mass is 281 g/mol. The van der Waals surface area contributed by atoms with Gasteiger partial charge < -0.3 is 9.88 Å². The Morgan fingerprint density at radius 1 is 1.47 bits per heavy atom. The molecule has 0 aromatic carbocycles. The first kappa shape index (κ1) is 12.5. The molecule has 1 aliphatic heterocycles. The molecule has 0 bridgehead atoms. The normalized spacial score (nSPS) is 18.8. The average molecular weight is 281 g/mol. The number of rotatable bonds is 4. The van der Waals surface area contributed by atoms with E-state index in [2.05, 4.69) is 15.5 Å². The first-order chi connectivity index (χ1) is 9.16. The summed E-state index contributed by atoms with van der Waals surface area (Å²) in [6.45, 7) is 0.982. The molecular formula is C11H15N5O2S. The fourth-order valence-electron chi connectivity index (χ4n) is 2.06. The van der Waals surface area contributed by atoms with E-state index in [9.17, 15) is 9.59 Å². The third kappa shape index (κ3) is 2.44. The lowest BCUT2D eigenvalue weighted by molar-refractivity contribution is -0.124. The molecule has 8 heteroatoms. The summed E-state index contributed by atoms with van der Waals surface area (Å²) in [5.74, 6) is 1.56. The summed E-state index contributed by atoms with van der Waals surface area (Å²) in [6.07, 6.45) is 2.34. The number of urea groups is 1. The van der Waals surface area contributed by atoms with Crippen molar-refractivity contribution in [1.82, 2.24) is 25.0 Å². The number of hydrogen-bond donors (Lipinski definition) is 1. The van der Waals surface area contributed by atoms with Crippen LogP contribution >= 0.6 is 11.8 Å². The maximum atomic E-state index is 11.9. The molecular weight excluding hydrogens is 266 g/mol. The second-order valence-electron chi connectivity index (χ2n) is 4.74. The van der Waals surface area contributed by atoms with Gasteiger partial charge in [0.05, 0.1) is 5.75 Å². The van der Waals surface area contributed by atoms with Crippen LogP contribution in [0.2, 0.25) is 0 Å². The molecule has 1 saturated heterocycles. The van der Waals surface area contributed by atoms with Crippen LogP contribution in [0, 0.1) is 0 Å². The molecule has 0 atom stereocenters. The van der Waals surface area contributed by atoms with Gasteiger partial charge in [0.2, 0.25) is 5.91 Å². The number of carbonyl (C=O) groups excluding carboxylic acids is 2. The van der Waals surface area contributed by atoms with Crippen LogP contribution in [0.5, 0.6) is 0 Å². The van der Waals surface area contributed by atoms with Crippen LogP contribution in [0.3, 0.4) is 0 Å². The zero-order valence-corrected chi connectivity index (χ0v) is 11.4. The molecule has 102 valence electrons. The van der Waals surface area contributed by atoms with Crippen molar-refractivity contribution in [3.8, 4) is 0 Å².